The van der Waals surface area contributed by atoms with Crippen LogP contribution in [-0.2, 0) is 15.0 Å². The highest BCUT2D eigenvalue weighted by Crippen LogP contribution is 2.43. The third-order valence-corrected chi connectivity index (χ3v) is 5.82. The van der Waals surface area contributed by atoms with E-state index in [1.807, 2.05) is 0 Å². The molecule has 4 heteroatoms. The molecule has 1 atom stereocenters. The Morgan fingerprint density at radius 2 is 1.79 bits per heavy atom. The Morgan fingerprint density at radius 1 is 1.17 bits per heavy atom. The first-order chi connectivity index (χ1) is 11.4. The van der Waals surface area contributed by atoms with Crippen LogP contribution in [0.5, 0.6) is 0 Å². The minimum atomic E-state index is -0.785. The molecule has 0 bridgehead atoms. The highest BCUT2D eigenvalue weighted by atomic mass is 16.4. The van der Waals surface area contributed by atoms with Crippen LogP contribution in [0.1, 0.15) is 63.0 Å². The molecule has 1 saturated heterocycles. The topological polar surface area (TPSA) is 57.6 Å². The van der Waals surface area contributed by atoms with E-state index in [1.54, 1.807) is 4.90 Å². The van der Waals surface area contributed by atoms with Gasteiger partial charge in [-0.25, -0.2) is 0 Å². The van der Waals surface area contributed by atoms with Crippen molar-refractivity contribution in [3.63, 3.8) is 0 Å². The molecule has 1 heterocycles. The van der Waals surface area contributed by atoms with E-state index in [4.69, 9.17) is 0 Å². The van der Waals surface area contributed by atoms with Gasteiger partial charge in [-0.1, -0.05) is 51.0 Å². The molecule has 2 aliphatic rings. The molecular formula is C20H27NO3. The van der Waals surface area contributed by atoms with Crippen LogP contribution in [0.3, 0.4) is 0 Å². The standard InChI is InChI=1S/C20H27NO3/c1-14(2)15-5-7-17(8-6-15)20(10-3-4-11-20)19(24)21-12-9-16(13-21)18(22)23/h5-8,14,16H,3-4,9-13H2,1-2H3,(H,22,23). The monoisotopic (exact) mass is 329 g/mol. The molecule has 0 aromatic heterocycles. The fourth-order valence-electron chi connectivity index (χ4n) is 4.24. The summed E-state index contributed by atoms with van der Waals surface area (Å²) in [6.07, 6.45) is 4.45. The van der Waals surface area contributed by atoms with Crippen molar-refractivity contribution in [2.24, 2.45) is 5.92 Å². The van der Waals surface area contributed by atoms with Gasteiger partial charge in [0.2, 0.25) is 5.91 Å². The third kappa shape index (κ3) is 2.94. The molecule has 2 fully saturated rings. The van der Waals surface area contributed by atoms with Crippen LogP contribution in [-0.4, -0.2) is 35.0 Å². The molecule has 1 aliphatic heterocycles. The number of carbonyl (C=O) groups excluding carboxylic acids is 1. The van der Waals surface area contributed by atoms with Gasteiger partial charge in [0.05, 0.1) is 11.3 Å². The van der Waals surface area contributed by atoms with Crippen molar-refractivity contribution in [1.82, 2.24) is 4.90 Å². The van der Waals surface area contributed by atoms with Crippen molar-refractivity contribution >= 4 is 11.9 Å². The molecule has 0 spiro atoms. The lowest BCUT2D eigenvalue weighted by molar-refractivity contribution is -0.142. The predicted octanol–water partition coefficient (Wildman–Crippen LogP) is 3.55. The smallest absolute Gasteiger partial charge is 0.308 e. The van der Waals surface area contributed by atoms with Gasteiger partial charge >= 0.3 is 5.97 Å². The van der Waals surface area contributed by atoms with E-state index in [1.165, 1.54) is 5.56 Å². The molecule has 1 amide bonds. The van der Waals surface area contributed by atoms with Crippen LogP contribution in [0.2, 0.25) is 0 Å². The van der Waals surface area contributed by atoms with Gasteiger partial charge in [0.1, 0.15) is 0 Å². The Balaban J connectivity index is 1.86. The Hall–Kier alpha value is -1.84. The molecular weight excluding hydrogens is 302 g/mol. The first-order valence-electron chi connectivity index (χ1n) is 9.06. The Morgan fingerprint density at radius 3 is 2.29 bits per heavy atom. The summed E-state index contributed by atoms with van der Waals surface area (Å²) in [7, 11) is 0. The molecule has 1 N–H and O–H groups in total. The summed E-state index contributed by atoms with van der Waals surface area (Å²) in [5, 5.41) is 9.20. The number of carboxylic acids is 1. The molecule has 24 heavy (non-hydrogen) atoms. The van der Waals surface area contributed by atoms with Gasteiger partial charge in [0, 0.05) is 13.1 Å². The van der Waals surface area contributed by atoms with Crippen molar-refractivity contribution in [2.45, 2.75) is 57.3 Å². The van der Waals surface area contributed by atoms with Crippen LogP contribution in [0.25, 0.3) is 0 Å². The molecule has 1 aromatic carbocycles. The van der Waals surface area contributed by atoms with E-state index < -0.39 is 17.3 Å². The van der Waals surface area contributed by atoms with E-state index >= 15 is 0 Å². The number of hydrogen-bond acceptors (Lipinski definition) is 2. The largest absolute Gasteiger partial charge is 0.481 e. The van der Waals surface area contributed by atoms with Crippen molar-refractivity contribution in [3.05, 3.63) is 35.4 Å². The van der Waals surface area contributed by atoms with Gasteiger partial charge in [-0.2, -0.15) is 0 Å². The van der Waals surface area contributed by atoms with Crippen LogP contribution < -0.4 is 0 Å². The number of carboxylic acid groups (broad SMARTS) is 1. The van der Waals surface area contributed by atoms with Crippen molar-refractivity contribution in [3.8, 4) is 0 Å². The highest BCUT2D eigenvalue weighted by Gasteiger charge is 2.46. The lowest BCUT2D eigenvalue weighted by Gasteiger charge is -2.33. The summed E-state index contributed by atoms with van der Waals surface area (Å²) in [6.45, 7) is 5.27. The predicted molar refractivity (Wildman–Crippen MR) is 93.0 cm³/mol. The zero-order valence-corrected chi connectivity index (χ0v) is 14.6. The maximum absolute atomic E-state index is 13.3. The maximum atomic E-state index is 13.3. The van der Waals surface area contributed by atoms with Gasteiger partial charge in [0.25, 0.3) is 0 Å². The van der Waals surface area contributed by atoms with E-state index in [-0.39, 0.29) is 5.91 Å². The van der Waals surface area contributed by atoms with Gasteiger partial charge in [0.15, 0.2) is 0 Å². The number of rotatable bonds is 4. The van der Waals surface area contributed by atoms with Crippen LogP contribution in [0.4, 0.5) is 0 Å². The number of likely N-dealkylation sites (tertiary alicyclic amines) is 1. The second kappa shape index (κ2) is 6.58. The van der Waals surface area contributed by atoms with Gasteiger partial charge in [-0.3, -0.25) is 9.59 Å². The highest BCUT2D eigenvalue weighted by molar-refractivity contribution is 5.89. The quantitative estimate of drug-likeness (QED) is 0.919. The number of amides is 1. The molecule has 1 aromatic rings. The van der Waals surface area contributed by atoms with Gasteiger partial charge in [-0.05, 0) is 36.3 Å². The minimum Gasteiger partial charge on any atom is -0.481 e. The number of aliphatic carboxylic acids is 1. The first kappa shape index (κ1) is 17.0. The van der Waals surface area contributed by atoms with Gasteiger partial charge < -0.3 is 10.0 Å². The Kier molecular flexibility index (Phi) is 4.66. The van der Waals surface area contributed by atoms with E-state index in [2.05, 4.69) is 38.1 Å². The van der Waals surface area contributed by atoms with Crippen molar-refractivity contribution < 1.29 is 14.7 Å². The number of benzene rings is 1. The molecule has 1 saturated carbocycles. The zero-order chi connectivity index (χ0) is 17.3. The average Bonchev–Trinajstić information content (AvgIpc) is 3.24. The van der Waals surface area contributed by atoms with Crippen LogP contribution in [0, 0.1) is 5.92 Å². The van der Waals surface area contributed by atoms with E-state index in [0.717, 1.165) is 31.2 Å². The number of hydrogen-bond donors (Lipinski definition) is 1. The summed E-state index contributed by atoms with van der Waals surface area (Å²) in [5.41, 5.74) is 1.95. The molecule has 3 rings (SSSR count). The maximum Gasteiger partial charge on any atom is 0.308 e. The summed E-state index contributed by atoms with van der Waals surface area (Å²) in [6, 6.07) is 8.50. The lowest BCUT2D eigenvalue weighted by Crippen LogP contribution is -2.44. The second-order valence-electron chi connectivity index (χ2n) is 7.64. The Bertz CT molecular complexity index is 614. The van der Waals surface area contributed by atoms with Crippen LogP contribution >= 0.6 is 0 Å². The molecule has 130 valence electrons. The van der Waals surface area contributed by atoms with Crippen molar-refractivity contribution in [2.75, 3.05) is 13.1 Å². The van der Waals surface area contributed by atoms with Crippen molar-refractivity contribution in [1.29, 1.82) is 0 Å². The number of nitrogens with zero attached hydrogens (tertiary/aromatic N) is 1. The third-order valence-electron chi connectivity index (χ3n) is 5.82. The van der Waals surface area contributed by atoms with Crippen LogP contribution in [0.15, 0.2) is 24.3 Å². The van der Waals surface area contributed by atoms with E-state index in [0.29, 0.717) is 25.4 Å². The Labute approximate surface area is 143 Å². The normalized spacial score (nSPS) is 23.0. The molecule has 1 aliphatic carbocycles. The molecule has 1 unspecified atom stereocenters. The average molecular weight is 329 g/mol. The number of carbonyl (C=O) groups is 2. The first-order valence-corrected chi connectivity index (χ1v) is 9.06. The molecule has 4 nitrogen and oxygen atoms in total. The second-order valence-corrected chi connectivity index (χ2v) is 7.64. The van der Waals surface area contributed by atoms with E-state index in [9.17, 15) is 14.7 Å². The fourth-order valence-corrected chi connectivity index (χ4v) is 4.24. The van der Waals surface area contributed by atoms with Gasteiger partial charge in [-0.15, -0.1) is 0 Å². The summed E-state index contributed by atoms with van der Waals surface area (Å²) >= 11 is 0. The SMILES string of the molecule is CC(C)c1ccc(C2(C(=O)N3CCC(C(=O)O)C3)CCCC2)cc1. The fraction of sp³-hybridized carbons (Fsp3) is 0.600. The summed E-state index contributed by atoms with van der Waals surface area (Å²) in [4.78, 5) is 26.3. The summed E-state index contributed by atoms with van der Waals surface area (Å²) < 4.78 is 0. The zero-order valence-electron chi connectivity index (χ0n) is 14.6. The molecule has 0 radical (unpaired) electrons. The lowest BCUT2D eigenvalue weighted by atomic mass is 9.77. The minimum absolute atomic E-state index is 0.140. The summed E-state index contributed by atoms with van der Waals surface area (Å²) in [5.74, 6) is -0.576.